The number of H-pyrrole nitrogens is 2. The molecule has 1 atom stereocenters. The second-order valence-corrected chi connectivity index (χ2v) is 6.58. The van der Waals surface area contributed by atoms with Gasteiger partial charge in [-0.05, 0) is 54.7 Å². The number of alkyl halides is 1. The van der Waals surface area contributed by atoms with E-state index in [1.54, 1.807) is 0 Å². The molecule has 0 fully saturated rings. The molecule has 108 valence electrons. The Balaban J connectivity index is 1.87. The molecule has 0 radical (unpaired) electrons. The minimum atomic E-state index is -0.164. The third-order valence-corrected chi connectivity index (χ3v) is 4.74. The Hall–Kier alpha value is -1.81. The molecular weight excluding hydrogens is 328 g/mol. The Bertz CT molecular complexity index is 847. The quantitative estimate of drug-likeness (QED) is 0.689. The second-order valence-electron chi connectivity index (χ2n) is 5.47. The molecule has 0 aliphatic carbocycles. The van der Waals surface area contributed by atoms with Crippen molar-refractivity contribution in [3.05, 3.63) is 69.1 Å². The maximum Gasteiger partial charge on any atom is 0.323 e. The van der Waals surface area contributed by atoms with E-state index in [2.05, 4.69) is 57.9 Å². The molecule has 0 saturated heterocycles. The molecule has 21 heavy (non-hydrogen) atoms. The van der Waals surface area contributed by atoms with Crippen LogP contribution in [0.25, 0.3) is 11.0 Å². The number of rotatable bonds is 3. The zero-order chi connectivity index (χ0) is 15.0. The normalized spacial score (nSPS) is 12.7. The van der Waals surface area contributed by atoms with Crippen LogP contribution in [-0.2, 0) is 6.42 Å². The van der Waals surface area contributed by atoms with Gasteiger partial charge in [-0.1, -0.05) is 40.2 Å². The minimum absolute atomic E-state index is 0.164. The van der Waals surface area contributed by atoms with E-state index in [0.29, 0.717) is 0 Å². The van der Waals surface area contributed by atoms with Crippen LogP contribution in [-0.4, -0.2) is 9.97 Å². The van der Waals surface area contributed by atoms with Gasteiger partial charge in [0.05, 0.1) is 11.0 Å². The van der Waals surface area contributed by atoms with Gasteiger partial charge in [-0.25, -0.2) is 4.79 Å². The summed E-state index contributed by atoms with van der Waals surface area (Å²) < 4.78 is 0. The van der Waals surface area contributed by atoms with Crippen molar-refractivity contribution in [3.8, 4) is 0 Å². The SMILES string of the molecule is Cc1ccc(CC(Br)c2ccc3[nH]c(=O)[nH]c3c2)cc1C. The van der Waals surface area contributed by atoms with Crippen LogP contribution in [0.15, 0.2) is 41.2 Å². The number of benzene rings is 2. The van der Waals surface area contributed by atoms with Crippen molar-refractivity contribution in [2.45, 2.75) is 25.1 Å². The standard InChI is InChI=1S/C17H17BrN2O/c1-10-3-4-12(7-11(10)2)8-14(18)13-5-6-15-16(9-13)20-17(21)19-15/h3-7,9,14H,8H2,1-2H3,(H2,19,20,21). The summed E-state index contributed by atoms with van der Waals surface area (Å²) in [6, 6.07) is 12.6. The summed E-state index contributed by atoms with van der Waals surface area (Å²) >= 11 is 3.76. The van der Waals surface area contributed by atoms with E-state index in [9.17, 15) is 4.79 Å². The van der Waals surface area contributed by atoms with Gasteiger partial charge in [-0.3, -0.25) is 0 Å². The number of aromatic amines is 2. The van der Waals surface area contributed by atoms with Gasteiger partial charge < -0.3 is 9.97 Å². The van der Waals surface area contributed by atoms with Crippen molar-refractivity contribution in [2.24, 2.45) is 0 Å². The average molecular weight is 345 g/mol. The summed E-state index contributed by atoms with van der Waals surface area (Å²) in [7, 11) is 0. The maximum atomic E-state index is 11.3. The van der Waals surface area contributed by atoms with Gasteiger partial charge in [0.25, 0.3) is 0 Å². The van der Waals surface area contributed by atoms with Gasteiger partial charge in [-0.2, -0.15) is 0 Å². The zero-order valence-electron chi connectivity index (χ0n) is 12.0. The summed E-state index contributed by atoms with van der Waals surface area (Å²) in [5.74, 6) is 0. The van der Waals surface area contributed by atoms with Crippen LogP contribution in [0.2, 0.25) is 0 Å². The largest absolute Gasteiger partial charge is 0.323 e. The first-order valence-electron chi connectivity index (χ1n) is 6.95. The number of fused-ring (bicyclic) bond motifs is 1. The maximum absolute atomic E-state index is 11.3. The van der Waals surface area contributed by atoms with E-state index in [1.165, 1.54) is 16.7 Å². The first-order chi connectivity index (χ1) is 10.0. The molecule has 3 nitrogen and oxygen atoms in total. The van der Waals surface area contributed by atoms with Gasteiger partial charge in [0.15, 0.2) is 0 Å². The number of hydrogen-bond acceptors (Lipinski definition) is 1. The number of imidazole rings is 1. The van der Waals surface area contributed by atoms with Crippen molar-refractivity contribution in [1.82, 2.24) is 9.97 Å². The molecule has 3 aromatic rings. The molecule has 2 aromatic carbocycles. The van der Waals surface area contributed by atoms with E-state index >= 15 is 0 Å². The van der Waals surface area contributed by atoms with Gasteiger partial charge in [0.2, 0.25) is 0 Å². The molecule has 0 amide bonds. The first-order valence-corrected chi connectivity index (χ1v) is 7.86. The van der Waals surface area contributed by atoms with Crippen LogP contribution in [0, 0.1) is 13.8 Å². The lowest BCUT2D eigenvalue weighted by Crippen LogP contribution is -1.99. The fourth-order valence-electron chi connectivity index (χ4n) is 2.50. The number of nitrogens with one attached hydrogen (secondary N) is 2. The van der Waals surface area contributed by atoms with E-state index in [0.717, 1.165) is 23.0 Å². The summed E-state index contributed by atoms with van der Waals surface area (Å²) in [6.45, 7) is 4.26. The smallest absolute Gasteiger partial charge is 0.306 e. The molecule has 0 bridgehead atoms. The molecule has 0 saturated carbocycles. The van der Waals surface area contributed by atoms with Crippen LogP contribution >= 0.6 is 15.9 Å². The summed E-state index contributed by atoms with van der Waals surface area (Å²) in [5, 5.41) is 0. The first kappa shape index (κ1) is 14.1. The van der Waals surface area contributed by atoms with E-state index < -0.39 is 0 Å². The fraction of sp³-hybridized carbons (Fsp3) is 0.235. The van der Waals surface area contributed by atoms with Crippen molar-refractivity contribution in [3.63, 3.8) is 0 Å². The summed E-state index contributed by atoms with van der Waals surface area (Å²) in [6.07, 6.45) is 0.918. The zero-order valence-corrected chi connectivity index (χ0v) is 13.6. The van der Waals surface area contributed by atoms with Crippen molar-refractivity contribution in [1.29, 1.82) is 0 Å². The van der Waals surface area contributed by atoms with Crippen molar-refractivity contribution >= 4 is 27.0 Å². The Morgan fingerprint density at radius 3 is 2.52 bits per heavy atom. The number of halogens is 1. The Kier molecular flexibility index (Phi) is 3.72. The molecular formula is C17H17BrN2O. The molecule has 3 rings (SSSR count). The van der Waals surface area contributed by atoms with E-state index in [-0.39, 0.29) is 10.5 Å². The van der Waals surface area contributed by atoms with Gasteiger partial charge in [0, 0.05) is 4.83 Å². The topological polar surface area (TPSA) is 48.6 Å². The number of hydrogen-bond donors (Lipinski definition) is 2. The highest BCUT2D eigenvalue weighted by Crippen LogP contribution is 2.29. The minimum Gasteiger partial charge on any atom is -0.306 e. The second kappa shape index (κ2) is 5.53. The molecule has 1 heterocycles. The lowest BCUT2D eigenvalue weighted by atomic mass is 10.0. The Labute approximate surface area is 131 Å². The molecule has 1 unspecified atom stereocenters. The monoisotopic (exact) mass is 344 g/mol. The average Bonchev–Trinajstić information content (AvgIpc) is 2.82. The van der Waals surface area contributed by atoms with Crippen molar-refractivity contribution in [2.75, 3.05) is 0 Å². The van der Waals surface area contributed by atoms with Crippen LogP contribution in [0.5, 0.6) is 0 Å². The third-order valence-electron chi connectivity index (χ3n) is 3.89. The Morgan fingerprint density at radius 1 is 1.00 bits per heavy atom. The molecule has 0 aliphatic heterocycles. The van der Waals surface area contributed by atoms with Gasteiger partial charge in [-0.15, -0.1) is 0 Å². The van der Waals surface area contributed by atoms with Crippen LogP contribution in [0.1, 0.15) is 27.1 Å². The number of aromatic nitrogens is 2. The highest BCUT2D eigenvalue weighted by Gasteiger charge is 2.10. The van der Waals surface area contributed by atoms with Crippen LogP contribution < -0.4 is 5.69 Å². The molecule has 2 N–H and O–H groups in total. The molecule has 1 aromatic heterocycles. The molecule has 0 spiro atoms. The Morgan fingerprint density at radius 2 is 1.76 bits per heavy atom. The molecule has 0 aliphatic rings. The number of aryl methyl sites for hydroxylation is 2. The predicted octanol–water partition coefficient (Wildman–Crippen LogP) is 4.15. The van der Waals surface area contributed by atoms with E-state index in [1.807, 2.05) is 18.2 Å². The lowest BCUT2D eigenvalue weighted by Gasteiger charge is -2.12. The van der Waals surface area contributed by atoms with Crippen LogP contribution in [0.4, 0.5) is 0 Å². The van der Waals surface area contributed by atoms with Gasteiger partial charge >= 0.3 is 5.69 Å². The fourth-order valence-corrected chi connectivity index (χ4v) is 3.16. The molecule has 4 heteroatoms. The highest BCUT2D eigenvalue weighted by molar-refractivity contribution is 9.09. The predicted molar refractivity (Wildman–Crippen MR) is 90.2 cm³/mol. The lowest BCUT2D eigenvalue weighted by molar-refractivity contribution is 0.947. The highest BCUT2D eigenvalue weighted by atomic mass is 79.9. The van der Waals surface area contributed by atoms with Gasteiger partial charge in [0.1, 0.15) is 0 Å². The third kappa shape index (κ3) is 2.95. The van der Waals surface area contributed by atoms with Crippen molar-refractivity contribution < 1.29 is 0 Å². The summed E-state index contributed by atoms with van der Waals surface area (Å²) in [4.78, 5) is 17.1. The van der Waals surface area contributed by atoms with E-state index in [4.69, 9.17) is 0 Å². The van der Waals surface area contributed by atoms with Crippen LogP contribution in [0.3, 0.4) is 0 Å². The summed E-state index contributed by atoms with van der Waals surface area (Å²) in [5.41, 5.74) is 6.63.